The SMILES string of the molecule is CC(C)(O/N=C(\C(=O)NC1C(=O)N(S(=O)(=O)O)C1CN1CCOC1=O)c1csc(N)n1)C(=O)O.CN=C(N)N. The summed E-state index contributed by atoms with van der Waals surface area (Å²) in [5.74, 6) is -3.50. The monoisotopic (exact) mass is 593 g/mol. The number of carboxylic acids is 1. The molecule has 1 aromatic rings. The Balaban J connectivity index is 0.000000976. The van der Waals surface area contributed by atoms with E-state index in [1.165, 1.54) is 26.3 Å². The number of nitrogens with zero attached hydrogens (tertiary/aromatic N) is 5. The fraction of sp³-hybridized carbons (Fsp3) is 0.500. The number of ether oxygens (including phenoxy) is 1. The average molecular weight is 594 g/mol. The minimum absolute atomic E-state index is 0.0428. The lowest BCUT2D eigenvalue weighted by Gasteiger charge is -2.45. The number of carbonyl (C=O) groups excluding carboxylic acids is 3. The second-order valence-electron chi connectivity index (χ2n) is 8.26. The van der Waals surface area contributed by atoms with Crippen LogP contribution in [0.2, 0.25) is 0 Å². The summed E-state index contributed by atoms with van der Waals surface area (Å²) in [6, 6.07) is -2.84. The largest absolute Gasteiger partial charge is 0.478 e. The Labute approximate surface area is 225 Å². The summed E-state index contributed by atoms with van der Waals surface area (Å²) in [7, 11) is -3.46. The number of aliphatic carboxylic acids is 1. The number of hydrogen-bond donors (Lipinski definition) is 6. The van der Waals surface area contributed by atoms with Gasteiger partial charge in [0.05, 0.1) is 12.6 Å². The maximum atomic E-state index is 13.0. The summed E-state index contributed by atoms with van der Waals surface area (Å²) in [6.07, 6.45) is -0.760. The molecule has 9 N–H and O–H groups in total. The van der Waals surface area contributed by atoms with Gasteiger partial charge in [-0.3, -0.25) is 19.1 Å². The Kier molecular flexibility index (Phi) is 9.60. The van der Waals surface area contributed by atoms with Gasteiger partial charge in [0.2, 0.25) is 5.60 Å². The lowest BCUT2D eigenvalue weighted by Crippen LogP contribution is -2.74. The van der Waals surface area contributed by atoms with Gasteiger partial charge in [0.1, 0.15) is 18.3 Å². The van der Waals surface area contributed by atoms with Crippen molar-refractivity contribution in [2.24, 2.45) is 21.6 Å². The van der Waals surface area contributed by atoms with Crippen LogP contribution in [0.4, 0.5) is 9.93 Å². The molecule has 0 aliphatic carbocycles. The van der Waals surface area contributed by atoms with Crippen LogP contribution in [0.3, 0.4) is 0 Å². The minimum Gasteiger partial charge on any atom is -0.478 e. The molecule has 2 fully saturated rings. The summed E-state index contributed by atoms with van der Waals surface area (Å²) in [4.78, 5) is 61.7. The van der Waals surface area contributed by atoms with Crippen LogP contribution in [0.5, 0.6) is 0 Å². The number of hydrogen-bond acceptors (Lipinski definition) is 13. The summed E-state index contributed by atoms with van der Waals surface area (Å²) < 4.78 is 37.6. The van der Waals surface area contributed by atoms with Crippen LogP contribution in [0.25, 0.3) is 0 Å². The normalized spacial score (nSPS) is 19.3. The van der Waals surface area contributed by atoms with E-state index in [2.05, 4.69) is 20.4 Å². The van der Waals surface area contributed by atoms with Crippen LogP contribution in [-0.4, -0.2) is 112 Å². The minimum atomic E-state index is -4.99. The second kappa shape index (κ2) is 12.1. The molecule has 0 radical (unpaired) electrons. The van der Waals surface area contributed by atoms with Gasteiger partial charge in [0.25, 0.3) is 11.8 Å². The molecule has 3 amide bonds. The van der Waals surface area contributed by atoms with Crippen molar-refractivity contribution in [2.75, 3.05) is 32.5 Å². The number of β-lactam (4-membered cyclic amide) rings is 1. The number of aromatic nitrogens is 1. The zero-order chi connectivity index (χ0) is 29.7. The van der Waals surface area contributed by atoms with Crippen molar-refractivity contribution < 1.29 is 46.8 Å². The molecule has 216 valence electrons. The van der Waals surface area contributed by atoms with Gasteiger partial charge >= 0.3 is 22.4 Å². The number of nitrogens with two attached hydrogens (primary N) is 3. The van der Waals surface area contributed by atoms with Gasteiger partial charge in [-0.05, 0) is 13.8 Å². The number of guanidine groups is 1. The Morgan fingerprint density at radius 1 is 1.36 bits per heavy atom. The van der Waals surface area contributed by atoms with Crippen LogP contribution in [0, 0.1) is 0 Å². The summed E-state index contributed by atoms with van der Waals surface area (Å²) in [5.41, 5.74) is 12.7. The van der Waals surface area contributed by atoms with E-state index < -0.39 is 57.6 Å². The molecule has 0 saturated carbocycles. The summed E-state index contributed by atoms with van der Waals surface area (Å²) >= 11 is 0.943. The number of nitrogens with one attached hydrogen (secondary N) is 1. The van der Waals surface area contributed by atoms with Gasteiger partial charge < -0.3 is 42.1 Å². The van der Waals surface area contributed by atoms with E-state index in [1.54, 1.807) is 0 Å². The maximum absolute atomic E-state index is 13.0. The molecule has 3 rings (SSSR count). The Morgan fingerprint density at radius 3 is 2.41 bits per heavy atom. The highest BCUT2D eigenvalue weighted by Gasteiger charge is 2.55. The number of carboxylic acid groups (broad SMARTS) is 1. The van der Waals surface area contributed by atoms with Crippen LogP contribution in [-0.2, 0) is 34.3 Å². The molecule has 19 nitrogen and oxygen atoms in total. The Morgan fingerprint density at radius 2 is 1.97 bits per heavy atom. The quantitative estimate of drug-likeness (QED) is 0.0552. The third kappa shape index (κ3) is 7.64. The van der Waals surface area contributed by atoms with Crippen molar-refractivity contribution in [1.82, 2.24) is 19.5 Å². The maximum Gasteiger partial charge on any atom is 0.410 e. The molecular formula is C18H27N9O10S2. The van der Waals surface area contributed by atoms with Gasteiger partial charge in [-0.15, -0.1) is 11.3 Å². The van der Waals surface area contributed by atoms with Crippen molar-refractivity contribution in [2.45, 2.75) is 31.5 Å². The van der Waals surface area contributed by atoms with Crippen LogP contribution in [0.1, 0.15) is 19.5 Å². The predicted molar refractivity (Wildman–Crippen MR) is 135 cm³/mol. The molecule has 3 heterocycles. The summed E-state index contributed by atoms with van der Waals surface area (Å²) in [5, 5.41) is 16.4. The summed E-state index contributed by atoms with van der Waals surface area (Å²) in [6.45, 7) is 2.13. The lowest BCUT2D eigenvalue weighted by molar-refractivity contribution is -0.161. The molecule has 2 atom stereocenters. The molecule has 2 saturated heterocycles. The molecule has 0 bridgehead atoms. The highest BCUT2D eigenvalue weighted by molar-refractivity contribution is 7.84. The van der Waals surface area contributed by atoms with Crippen molar-refractivity contribution in [1.29, 1.82) is 0 Å². The first-order chi connectivity index (χ1) is 18.0. The number of cyclic esters (lactones) is 1. The number of nitrogen functional groups attached to an aromatic ring is 1. The van der Waals surface area contributed by atoms with Crippen molar-refractivity contribution in [3.8, 4) is 0 Å². The number of carbonyl (C=O) groups is 4. The first-order valence-corrected chi connectivity index (χ1v) is 13.0. The molecule has 2 aliphatic rings. The van der Waals surface area contributed by atoms with E-state index in [9.17, 15) is 37.3 Å². The third-order valence-corrected chi connectivity index (χ3v) is 6.70. The first kappa shape index (κ1) is 31.0. The molecule has 39 heavy (non-hydrogen) atoms. The van der Waals surface area contributed by atoms with Gasteiger partial charge in [-0.2, -0.15) is 8.42 Å². The topological polar surface area (TPSA) is 296 Å². The van der Waals surface area contributed by atoms with Gasteiger partial charge in [-0.1, -0.05) is 5.16 Å². The van der Waals surface area contributed by atoms with Crippen LogP contribution >= 0.6 is 11.3 Å². The van der Waals surface area contributed by atoms with Crippen molar-refractivity contribution in [3.05, 3.63) is 11.1 Å². The number of rotatable bonds is 9. The predicted octanol–water partition coefficient (Wildman–Crippen LogP) is -2.85. The zero-order valence-corrected chi connectivity index (χ0v) is 22.4. The molecule has 1 aromatic heterocycles. The molecule has 2 unspecified atom stereocenters. The fourth-order valence-corrected chi connectivity index (χ4v) is 4.39. The Hall–Kier alpha value is -4.24. The first-order valence-electron chi connectivity index (χ1n) is 10.7. The van der Waals surface area contributed by atoms with E-state index in [-0.39, 0.29) is 40.8 Å². The number of amides is 3. The molecule has 2 aliphatic heterocycles. The lowest BCUT2D eigenvalue weighted by atomic mass is 9.97. The standard InChI is InChI=1S/C16H20N6O10S2.C2H7N3/c1-16(2,13(25)26)32-20-9(7-6-33-14(17)18-7)11(23)19-10-8(5-21-3-4-31-15(21)27)22(12(10)24)34(28,29)30;1-5-2(3)4/h6,8,10H,3-5H2,1-2H3,(H2,17,18)(H,19,23)(H,25,26)(H,28,29,30);1H3,(H4,3,4,5)/b20-9-;. The van der Waals surface area contributed by atoms with E-state index >= 15 is 0 Å². The number of oxime groups is 1. The molecular weight excluding hydrogens is 566 g/mol. The van der Waals surface area contributed by atoms with Crippen LogP contribution < -0.4 is 22.5 Å². The molecule has 0 spiro atoms. The number of anilines is 1. The zero-order valence-electron chi connectivity index (χ0n) is 20.8. The number of thiazole rings is 1. The Bertz CT molecular complexity index is 1290. The van der Waals surface area contributed by atoms with Gasteiger partial charge in [0, 0.05) is 19.0 Å². The fourth-order valence-electron chi connectivity index (χ4n) is 2.97. The third-order valence-electron chi connectivity index (χ3n) is 5.07. The van der Waals surface area contributed by atoms with Crippen molar-refractivity contribution in [3.63, 3.8) is 0 Å². The second-order valence-corrected chi connectivity index (χ2v) is 10.4. The average Bonchev–Trinajstić information content (AvgIpc) is 3.44. The smallest absolute Gasteiger partial charge is 0.410 e. The highest BCUT2D eigenvalue weighted by Crippen LogP contribution is 2.26. The molecule has 21 heteroatoms. The van der Waals surface area contributed by atoms with E-state index in [0.717, 1.165) is 16.2 Å². The van der Waals surface area contributed by atoms with Gasteiger partial charge in [-0.25, -0.2) is 18.9 Å². The van der Waals surface area contributed by atoms with E-state index in [0.29, 0.717) is 0 Å². The molecule has 0 aromatic carbocycles. The highest BCUT2D eigenvalue weighted by atomic mass is 32.2. The number of aliphatic imine (C=N–C) groups is 1. The van der Waals surface area contributed by atoms with Crippen molar-refractivity contribution >= 4 is 62.3 Å². The van der Waals surface area contributed by atoms with Crippen LogP contribution in [0.15, 0.2) is 15.5 Å². The van der Waals surface area contributed by atoms with E-state index in [4.69, 9.17) is 26.8 Å². The van der Waals surface area contributed by atoms with E-state index in [1.807, 2.05) is 0 Å². The van der Waals surface area contributed by atoms with Gasteiger partial charge in [0.15, 0.2) is 16.8 Å².